The summed E-state index contributed by atoms with van der Waals surface area (Å²) in [5, 5.41) is 16.7. The molecule has 0 fully saturated rings. The summed E-state index contributed by atoms with van der Waals surface area (Å²) in [4.78, 5) is 8.33. The third kappa shape index (κ3) is 82.4. The van der Waals surface area contributed by atoms with Gasteiger partial charge in [0, 0.05) is 0 Å². The van der Waals surface area contributed by atoms with Gasteiger partial charge in [0.05, 0.1) is 0 Å². The molecule has 5 heavy (non-hydrogen) atoms. The van der Waals surface area contributed by atoms with Gasteiger partial charge in [-0.1, -0.05) is 0 Å². The summed E-state index contributed by atoms with van der Waals surface area (Å²) >= 11 is 0. The van der Waals surface area contributed by atoms with Crippen LogP contribution in [-0.2, 0) is 0 Å². The fourth-order valence-electron chi connectivity index (χ4n) is 0. The summed E-state index contributed by atoms with van der Waals surface area (Å²) in [6.07, 6.45) is -2.33. The largest absolute Gasteiger partial charge is 3.00 e. The molecule has 0 aliphatic heterocycles. The topological polar surface area (TPSA) is 63.2 Å². The molecule has 0 aromatic heterocycles. The molecule has 0 rings (SSSR count). The van der Waals surface area contributed by atoms with Crippen LogP contribution < -0.4 is 10.2 Å². The van der Waals surface area contributed by atoms with Gasteiger partial charge in [-0.25, -0.2) is 0 Å². The number of rotatable bonds is 0. The minimum absolute atomic E-state index is 0. The van der Waals surface area contributed by atoms with Crippen LogP contribution in [0, 0.1) is 40.8 Å². The Morgan fingerprint density at radius 2 is 1.40 bits per heavy atom. The number of hydrogen-bond donors (Lipinski definition) is 0. The first-order valence-corrected chi connectivity index (χ1v) is 0.612. The first-order chi connectivity index (χ1) is 1.73. The van der Waals surface area contributed by atoms with Crippen LogP contribution in [0.15, 0.2) is 0 Å². The summed E-state index contributed by atoms with van der Waals surface area (Å²) in [6, 6.07) is 0. The van der Waals surface area contributed by atoms with Crippen molar-refractivity contribution in [2.75, 3.05) is 0 Å². The predicted molar refractivity (Wildman–Crippen MR) is 5.40 cm³/mol. The molecule has 0 saturated heterocycles. The molecular weight excluding hydrogens is 204 g/mol. The Bertz CT molecular complexity index is 29.9. The van der Waals surface area contributed by atoms with E-state index in [0.717, 1.165) is 0 Å². The van der Waals surface area contributed by atoms with Crippen LogP contribution in [0.5, 0.6) is 0 Å². The number of carboxylic acid groups (broad SMARTS) is 2. The normalized spacial score (nSPS) is 4.80. The zero-order valence-electron chi connectivity index (χ0n) is 2.22. The maximum absolute atomic E-state index is 8.33. The van der Waals surface area contributed by atoms with E-state index >= 15 is 0 Å². The zero-order chi connectivity index (χ0) is 3.58. The second kappa shape index (κ2) is 4.62. The number of carbonyl (C=O) groups excluding carboxylic acids is 1. The van der Waals surface area contributed by atoms with Crippen molar-refractivity contribution >= 4 is 6.16 Å². The van der Waals surface area contributed by atoms with Crippen molar-refractivity contribution in [3.8, 4) is 0 Å². The van der Waals surface area contributed by atoms with Crippen LogP contribution in [0.4, 0.5) is 4.79 Å². The molecule has 25 valence electrons. The van der Waals surface area contributed by atoms with Crippen molar-refractivity contribution in [2.24, 2.45) is 0 Å². The Morgan fingerprint density at radius 3 is 1.40 bits per heavy atom. The summed E-state index contributed by atoms with van der Waals surface area (Å²) in [6.45, 7) is 0. The van der Waals surface area contributed by atoms with Crippen LogP contribution >= 0.6 is 0 Å². The molecule has 0 atom stereocenters. The second-order valence-corrected chi connectivity index (χ2v) is 0.250. The van der Waals surface area contributed by atoms with Crippen LogP contribution in [0.3, 0.4) is 0 Å². The van der Waals surface area contributed by atoms with Crippen molar-refractivity contribution in [2.45, 2.75) is 0 Å². The Kier molecular flexibility index (Phi) is 8.46. The Balaban J connectivity index is 0. The van der Waals surface area contributed by atoms with Gasteiger partial charge in [-0.2, -0.15) is 0 Å². The summed E-state index contributed by atoms with van der Waals surface area (Å²) in [7, 11) is 0. The molecule has 0 aliphatic rings. The summed E-state index contributed by atoms with van der Waals surface area (Å²) < 4.78 is 0. The Labute approximate surface area is 61.5 Å². The van der Waals surface area contributed by atoms with Gasteiger partial charge >= 0.3 is 40.8 Å². The molecule has 0 unspecified atom stereocenters. The van der Waals surface area contributed by atoms with Crippen molar-refractivity contribution in [1.82, 2.24) is 0 Å². The standard InChI is InChI=1S/CH2O3.Nd/c2-1(3)4;/h(H2,2,3,4);/q;+3/p-2. The summed E-state index contributed by atoms with van der Waals surface area (Å²) in [5.74, 6) is 0. The van der Waals surface area contributed by atoms with Crippen molar-refractivity contribution < 1.29 is 55.8 Å². The van der Waals surface area contributed by atoms with Gasteiger partial charge in [0.25, 0.3) is 0 Å². The maximum Gasteiger partial charge on any atom is 3.00 e. The van der Waals surface area contributed by atoms with Gasteiger partial charge < -0.3 is 15.0 Å². The fourth-order valence-corrected chi connectivity index (χ4v) is 0. The van der Waals surface area contributed by atoms with Crippen molar-refractivity contribution in [1.29, 1.82) is 0 Å². The molecule has 0 amide bonds. The minimum Gasteiger partial charge on any atom is -0.652 e. The third-order valence-corrected chi connectivity index (χ3v) is 0. The van der Waals surface area contributed by atoms with Crippen molar-refractivity contribution in [3.05, 3.63) is 0 Å². The van der Waals surface area contributed by atoms with E-state index in [1.807, 2.05) is 0 Å². The first kappa shape index (κ1) is 9.15. The van der Waals surface area contributed by atoms with Gasteiger partial charge in [0.1, 0.15) is 0 Å². The molecule has 0 aliphatic carbocycles. The van der Waals surface area contributed by atoms with E-state index in [1.165, 1.54) is 0 Å². The molecule has 0 saturated carbocycles. The molecule has 0 N–H and O–H groups in total. The Morgan fingerprint density at radius 1 is 1.40 bits per heavy atom. The monoisotopic (exact) mass is 202 g/mol. The molecule has 0 aromatic rings. The average Bonchev–Trinajstić information content (AvgIpc) is 0.811. The van der Waals surface area contributed by atoms with E-state index in [-0.39, 0.29) is 40.8 Å². The van der Waals surface area contributed by atoms with Gasteiger partial charge in [-0.3, -0.25) is 0 Å². The maximum atomic E-state index is 8.33. The van der Waals surface area contributed by atoms with E-state index in [0.29, 0.717) is 0 Å². The van der Waals surface area contributed by atoms with E-state index in [1.54, 1.807) is 0 Å². The van der Waals surface area contributed by atoms with Gasteiger partial charge in [0.15, 0.2) is 0 Å². The van der Waals surface area contributed by atoms with E-state index in [4.69, 9.17) is 15.0 Å². The SMILES string of the molecule is O=C([O-])[O-].[Nd+3]. The molecule has 0 aromatic carbocycles. The van der Waals surface area contributed by atoms with Crippen LogP contribution in [-0.4, -0.2) is 6.16 Å². The molecule has 3 nitrogen and oxygen atoms in total. The minimum atomic E-state index is -2.33. The molecule has 0 spiro atoms. The van der Waals surface area contributed by atoms with E-state index in [2.05, 4.69) is 0 Å². The van der Waals surface area contributed by atoms with Crippen molar-refractivity contribution in [3.63, 3.8) is 0 Å². The quantitative estimate of drug-likeness (QED) is 0.440. The third-order valence-electron chi connectivity index (χ3n) is 0. The number of hydrogen-bond acceptors (Lipinski definition) is 3. The molecule has 4 heteroatoms. The molecule has 0 bridgehead atoms. The second-order valence-electron chi connectivity index (χ2n) is 0.250. The van der Waals surface area contributed by atoms with Gasteiger partial charge in [-0.05, 0) is 6.16 Å². The van der Waals surface area contributed by atoms with Crippen LogP contribution in [0.25, 0.3) is 0 Å². The molecule has 1 radical (unpaired) electrons. The van der Waals surface area contributed by atoms with E-state index < -0.39 is 6.16 Å². The zero-order valence-corrected chi connectivity index (χ0v) is 5.43. The van der Waals surface area contributed by atoms with Crippen LogP contribution in [0.2, 0.25) is 0 Å². The first-order valence-electron chi connectivity index (χ1n) is 0.612. The number of carbonyl (C=O) groups is 1. The average molecular weight is 204 g/mol. The molecule has 0 heterocycles. The Hall–Kier alpha value is 0.621. The van der Waals surface area contributed by atoms with Gasteiger partial charge in [-0.15, -0.1) is 0 Å². The predicted octanol–water partition coefficient (Wildman–Crippen LogP) is -2.45. The fraction of sp³-hybridized carbons (Fsp3) is 0. The molecular formula is CNdO3+. The van der Waals surface area contributed by atoms with Gasteiger partial charge in [0.2, 0.25) is 0 Å². The smallest absolute Gasteiger partial charge is 0.652 e. The van der Waals surface area contributed by atoms with E-state index in [9.17, 15) is 0 Å². The summed E-state index contributed by atoms with van der Waals surface area (Å²) in [5.41, 5.74) is 0. The van der Waals surface area contributed by atoms with Crippen LogP contribution in [0.1, 0.15) is 0 Å².